The van der Waals surface area contributed by atoms with Crippen LogP contribution in [0.3, 0.4) is 0 Å². The van der Waals surface area contributed by atoms with Crippen LogP contribution in [0.25, 0.3) is 0 Å². The summed E-state index contributed by atoms with van der Waals surface area (Å²) in [6, 6.07) is 7.19. The smallest absolute Gasteiger partial charge is 0.337 e. The summed E-state index contributed by atoms with van der Waals surface area (Å²) >= 11 is 6.71. The second-order valence-corrected chi connectivity index (χ2v) is 10.4. The molecule has 1 saturated heterocycles. The minimum atomic E-state index is -3.88. The van der Waals surface area contributed by atoms with Crippen LogP contribution in [0, 0.1) is 5.92 Å². The number of piperidine rings is 1. The Hall–Kier alpha value is -2.30. The van der Waals surface area contributed by atoms with Crippen LogP contribution in [0.1, 0.15) is 30.1 Å². The number of benzene rings is 1. The minimum absolute atomic E-state index is 0.0294. The fraction of sp³-hybridized carbons (Fsp3) is 0.368. The number of carboxylic acids is 1. The molecule has 1 aliphatic heterocycles. The summed E-state index contributed by atoms with van der Waals surface area (Å²) in [7, 11) is -3.88. The van der Waals surface area contributed by atoms with E-state index >= 15 is 0 Å². The van der Waals surface area contributed by atoms with Gasteiger partial charge in [0.05, 0.1) is 28.1 Å². The molecule has 1 aliphatic rings. The van der Waals surface area contributed by atoms with E-state index in [0.29, 0.717) is 36.1 Å². The second kappa shape index (κ2) is 9.23. The van der Waals surface area contributed by atoms with Gasteiger partial charge in [-0.1, -0.05) is 11.6 Å². The number of carbonyl (C=O) groups excluding carboxylic acids is 1. The zero-order chi connectivity index (χ0) is 21.9. The predicted octanol–water partition coefficient (Wildman–Crippen LogP) is 3.68. The number of nitrogens with one attached hydrogen (secondary N) is 1. The van der Waals surface area contributed by atoms with Gasteiger partial charge in [-0.3, -0.25) is 9.52 Å². The quantitative estimate of drug-likeness (QED) is 0.591. The summed E-state index contributed by atoms with van der Waals surface area (Å²) in [4.78, 5) is 25.8. The van der Waals surface area contributed by atoms with E-state index < -0.39 is 16.0 Å². The number of sulfonamides is 1. The van der Waals surface area contributed by atoms with E-state index in [-0.39, 0.29) is 27.3 Å². The molecule has 2 heterocycles. The number of thiophene rings is 1. The number of anilines is 2. The third-order valence-electron chi connectivity index (χ3n) is 4.67. The van der Waals surface area contributed by atoms with Gasteiger partial charge in [0.2, 0.25) is 0 Å². The molecule has 11 heteroatoms. The Bertz CT molecular complexity index is 1050. The number of hydrogen-bond acceptors (Lipinski definition) is 7. The van der Waals surface area contributed by atoms with E-state index in [0.717, 1.165) is 17.8 Å². The second-order valence-electron chi connectivity index (χ2n) is 6.74. The minimum Gasteiger partial charge on any atom is -0.478 e. The number of nitrogens with zero attached hydrogens (tertiary/aromatic N) is 1. The average Bonchev–Trinajstić information content (AvgIpc) is 3.15. The van der Waals surface area contributed by atoms with E-state index in [9.17, 15) is 23.1 Å². The molecule has 0 amide bonds. The van der Waals surface area contributed by atoms with Crippen LogP contribution in [-0.2, 0) is 19.6 Å². The molecule has 2 N–H and O–H groups in total. The van der Waals surface area contributed by atoms with Crippen LogP contribution >= 0.6 is 22.9 Å². The Morgan fingerprint density at radius 3 is 2.73 bits per heavy atom. The molecule has 2 aromatic rings. The van der Waals surface area contributed by atoms with Gasteiger partial charge in [0.15, 0.2) is 0 Å². The van der Waals surface area contributed by atoms with Crippen LogP contribution < -0.4 is 9.62 Å². The lowest BCUT2D eigenvalue weighted by atomic mass is 9.97. The van der Waals surface area contributed by atoms with E-state index in [4.69, 9.17) is 16.3 Å². The highest BCUT2D eigenvalue weighted by atomic mass is 35.5. The summed E-state index contributed by atoms with van der Waals surface area (Å²) < 4.78 is 32.8. The highest BCUT2D eigenvalue weighted by molar-refractivity contribution is 7.94. The summed E-state index contributed by atoms with van der Waals surface area (Å²) in [6.07, 6.45) is 1.40. The topological polar surface area (TPSA) is 113 Å². The van der Waals surface area contributed by atoms with Crippen LogP contribution in [-0.4, -0.2) is 45.2 Å². The lowest BCUT2D eigenvalue weighted by Gasteiger charge is -2.34. The number of halogens is 1. The molecule has 0 aliphatic carbocycles. The molecule has 0 spiro atoms. The van der Waals surface area contributed by atoms with Crippen LogP contribution in [0.4, 0.5) is 11.4 Å². The molecule has 8 nitrogen and oxygen atoms in total. The molecule has 1 fully saturated rings. The maximum Gasteiger partial charge on any atom is 0.337 e. The molecular weight excluding hydrogens is 452 g/mol. The Balaban J connectivity index is 1.85. The molecule has 30 heavy (non-hydrogen) atoms. The van der Waals surface area contributed by atoms with E-state index in [1.54, 1.807) is 13.0 Å². The third-order valence-corrected chi connectivity index (χ3v) is 7.78. The third kappa shape index (κ3) is 5.05. The summed E-state index contributed by atoms with van der Waals surface area (Å²) in [5.74, 6) is -1.82. The number of aromatic carboxylic acids is 1. The first-order valence-electron chi connectivity index (χ1n) is 9.28. The first-order chi connectivity index (χ1) is 14.2. The lowest BCUT2D eigenvalue weighted by molar-refractivity contribution is -0.148. The Labute approximate surface area is 183 Å². The van der Waals surface area contributed by atoms with Crippen molar-refractivity contribution in [3.05, 3.63) is 40.2 Å². The predicted molar refractivity (Wildman–Crippen MR) is 115 cm³/mol. The van der Waals surface area contributed by atoms with E-state index in [1.807, 2.05) is 4.90 Å². The molecule has 1 atom stereocenters. The van der Waals surface area contributed by atoms with Gasteiger partial charge in [-0.15, -0.1) is 11.3 Å². The van der Waals surface area contributed by atoms with Crippen molar-refractivity contribution in [1.82, 2.24) is 0 Å². The van der Waals surface area contributed by atoms with Gasteiger partial charge in [0.25, 0.3) is 10.0 Å². The molecule has 1 unspecified atom stereocenters. The van der Waals surface area contributed by atoms with Crippen LogP contribution in [0.2, 0.25) is 4.34 Å². The van der Waals surface area contributed by atoms with Gasteiger partial charge in [-0.25, -0.2) is 13.2 Å². The van der Waals surface area contributed by atoms with Gasteiger partial charge in [-0.2, -0.15) is 0 Å². The molecule has 1 aromatic carbocycles. The van der Waals surface area contributed by atoms with Gasteiger partial charge in [0, 0.05) is 18.8 Å². The number of carbonyl (C=O) groups is 2. The molecule has 0 bridgehead atoms. The van der Waals surface area contributed by atoms with Gasteiger partial charge in [0.1, 0.15) is 4.21 Å². The normalized spacial score (nSPS) is 16.9. The van der Waals surface area contributed by atoms with Gasteiger partial charge in [-0.05, 0) is 50.1 Å². The first-order valence-corrected chi connectivity index (χ1v) is 12.0. The highest BCUT2D eigenvalue weighted by Crippen LogP contribution is 2.31. The first kappa shape index (κ1) is 22.4. The molecule has 162 valence electrons. The van der Waals surface area contributed by atoms with Crippen molar-refractivity contribution in [2.75, 3.05) is 29.3 Å². The standard InChI is InChI=1S/C19H21ClN2O6S2/c1-2-28-19(25)12-4-3-9-22(11-12)15-6-5-13(10-14(15)18(23)24)21-30(26,27)17-8-7-16(20)29-17/h5-8,10,12,21H,2-4,9,11H2,1H3,(H,23,24). The molecule has 0 radical (unpaired) electrons. The summed E-state index contributed by atoms with van der Waals surface area (Å²) in [6.45, 7) is 2.97. The molecule has 3 rings (SSSR count). The zero-order valence-corrected chi connectivity index (χ0v) is 18.5. The molecule has 1 aromatic heterocycles. The van der Waals surface area contributed by atoms with Crippen molar-refractivity contribution < 1.29 is 27.9 Å². The Morgan fingerprint density at radius 1 is 1.33 bits per heavy atom. The van der Waals surface area contributed by atoms with E-state index in [1.165, 1.54) is 24.3 Å². The SMILES string of the molecule is CCOC(=O)C1CCCN(c2ccc(NS(=O)(=O)c3ccc(Cl)s3)cc2C(=O)O)C1. The van der Waals surface area contributed by atoms with Crippen molar-refractivity contribution in [2.24, 2.45) is 5.92 Å². The number of esters is 1. The van der Waals surface area contributed by atoms with Crippen LogP contribution in [0.15, 0.2) is 34.5 Å². The average molecular weight is 473 g/mol. The van der Waals surface area contributed by atoms with Crippen molar-refractivity contribution in [2.45, 2.75) is 24.0 Å². The maximum atomic E-state index is 12.5. The van der Waals surface area contributed by atoms with Gasteiger partial charge >= 0.3 is 11.9 Å². The zero-order valence-electron chi connectivity index (χ0n) is 16.1. The Kier molecular flexibility index (Phi) is 6.89. The Morgan fingerprint density at radius 2 is 2.10 bits per heavy atom. The monoisotopic (exact) mass is 472 g/mol. The highest BCUT2D eigenvalue weighted by Gasteiger charge is 2.29. The van der Waals surface area contributed by atoms with Crippen molar-refractivity contribution in [3.63, 3.8) is 0 Å². The number of rotatable bonds is 7. The molecular formula is C19H21ClN2O6S2. The number of ether oxygens (including phenoxy) is 1. The van der Waals surface area contributed by atoms with Crippen molar-refractivity contribution in [3.8, 4) is 0 Å². The maximum absolute atomic E-state index is 12.5. The summed E-state index contributed by atoms with van der Waals surface area (Å²) in [5, 5.41) is 9.69. The summed E-state index contributed by atoms with van der Waals surface area (Å²) in [5.41, 5.74) is 0.502. The number of hydrogen-bond donors (Lipinski definition) is 2. The lowest BCUT2D eigenvalue weighted by Crippen LogP contribution is -2.40. The van der Waals surface area contributed by atoms with E-state index in [2.05, 4.69) is 4.72 Å². The van der Waals surface area contributed by atoms with Crippen LogP contribution in [0.5, 0.6) is 0 Å². The largest absolute Gasteiger partial charge is 0.478 e. The fourth-order valence-corrected chi connectivity index (χ4v) is 5.87. The van der Waals surface area contributed by atoms with Gasteiger partial charge < -0.3 is 14.7 Å². The van der Waals surface area contributed by atoms with Crippen molar-refractivity contribution in [1.29, 1.82) is 0 Å². The van der Waals surface area contributed by atoms with Crippen molar-refractivity contribution >= 4 is 56.3 Å². The fourth-order valence-electron chi connectivity index (χ4n) is 3.34. The number of carboxylic acid groups (broad SMARTS) is 1. The molecule has 0 saturated carbocycles.